The van der Waals surface area contributed by atoms with E-state index in [9.17, 15) is 4.79 Å². The first-order valence-corrected chi connectivity index (χ1v) is 5.75. The normalized spacial score (nSPS) is 15.9. The molecular formula is C11H23N3O2. The Morgan fingerprint density at radius 1 is 1.44 bits per heavy atom. The van der Waals surface area contributed by atoms with Gasteiger partial charge in [-0.1, -0.05) is 25.9 Å². The van der Waals surface area contributed by atoms with Crippen LogP contribution in [-0.2, 0) is 4.79 Å². The van der Waals surface area contributed by atoms with Crippen LogP contribution in [0.2, 0.25) is 0 Å². The van der Waals surface area contributed by atoms with Crippen LogP contribution in [0.5, 0.6) is 0 Å². The molecule has 4 N–H and O–H groups in total. The molecule has 94 valence electrons. The molecule has 0 aromatic carbocycles. The number of nitrogens with two attached hydrogens (primary N) is 1. The van der Waals surface area contributed by atoms with Gasteiger partial charge in [0.15, 0.2) is 5.84 Å². The minimum absolute atomic E-state index is 0.0431. The molecule has 5 nitrogen and oxygen atoms in total. The van der Waals surface area contributed by atoms with Gasteiger partial charge in [-0.2, -0.15) is 0 Å². The van der Waals surface area contributed by atoms with Crippen LogP contribution >= 0.6 is 0 Å². The summed E-state index contributed by atoms with van der Waals surface area (Å²) in [7, 11) is 0. The van der Waals surface area contributed by atoms with E-state index in [0.717, 1.165) is 12.8 Å². The molecule has 0 saturated heterocycles. The summed E-state index contributed by atoms with van der Waals surface area (Å²) >= 11 is 0. The quantitative estimate of drug-likeness (QED) is 0.279. The number of oxime groups is 1. The summed E-state index contributed by atoms with van der Waals surface area (Å²) in [6, 6.07) is 0.143. The fraction of sp³-hybridized carbons (Fsp3) is 0.818. The van der Waals surface area contributed by atoms with Crippen LogP contribution in [0.1, 0.15) is 47.0 Å². The molecule has 0 saturated carbocycles. The molecule has 0 rings (SSSR count). The molecule has 0 spiro atoms. The molecule has 0 aromatic heterocycles. The van der Waals surface area contributed by atoms with E-state index in [2.05, 4.69) is 10.5 Å². The van der Waals surface area contributed by atoms with Gasteiger partial charge in [-0.25, -0.2) is 0 Å². The Labute approximate surface area is 97.1 Å². The maximum Gasteiger partial charge on any atom is 0.233 e. The van der Waals surface area contributed by atoms with Crippen LogP contribution in [0.4, 0.5) is 0 Å². The van der Waals surface area contributed by atoms with Gasteiger partial charge >= 0.3 is 0 Å². The summed E-state index contributed by atoms with van der Waals surface area (Å²) in [6.07, 6.45) is 2.24. The maximum atomic E-state index is 12.0. The fourth-order valence-corrected chi connectivity index (χ4v) is 1.41. The van der Waals surface area contributed by atoms with Gasteiger partial charge in [0.25, 0.3) is 0 Å². The van der Waals surface area contributed by atoms with E-state index in [1.54, 1.807) is 6.92 Å². The third kappa shape index (κ3) is 3.12. The predicted octanol–water partition coefficient (Wildman–Crippen LogP) is 1.45. The molecule has 0 fully saturated rings. The van der Waals surface area contributed by atoms with E-state index < -0.39 is 5.41 Å². The highest BCUT2D eigenvalue weighted by atomic mass is 16.4. The van der Waals surface area contributed by atoms with Crippen molar-refractivity contribution in [3.8, 4) is 0 Å². The van der Waals surface area contributed by atoms with Crippen molar-refractivity contribution in [1.29, 1.82) is 0 Å². The zero-order valence-corrected chi connectivity index (χ0v) is 10.6. The van der Waals surface area contributed by atoms with Gasteiger partial charge in [-0.3, -0.25) is 4.79 Å². The Bertz CT molecular complexity index is 262. The molecule has 5 heteroatoms. The van der Waals surface area contributed by atoms with Gasteiger partial charge in [0, 0.05) is 6.04 Å². The van der Waals surface area contributed by atoms with Crippen molar-refractivity contribution in [2.45, 2.75) is 53.0 Å². The lowest BCUT2D eigenvalue weighted by Gasteiger charge is -2.27. The minimum Gasteiger partial charge on any atom is -0.409 e. The van der Waals surface area contributed by atoms with Crippen molar-refractivity contribution in [3.05, 3.63) is 0 Å². The number of carbonyl (C=O) groups excluding carboxylic acids is 1. The molecule has 1 unspecified atom stereocenters. The third-order valence-electron chi connectivity index (χ3n) is 3.20. The van der Waals surface area contributed by atoms with Crippen molar-refractivity contribution >= 4 is 11.7 Å². The highest BCUT2D eigenvalue weighted by Gasteiger charge is 2.36. The van der Waals surface area contributed by atoms with Gasteiger partial charge in [0.1, 0.15) is 5.41 Å². The molecule has 0 aliphatic heterocycles. The topological polar surface area (TPSA) is 87.7 Å². The SMILES string of the molecule is CCC(CC)NC(=O)C(C)(CC)C(N)=NO. The number of hydrogen-bond donors (Lipinski definition) is 3. The minimum atomic E-state index is -0.933. The van der Waals surface area contributed by atoms with E-state index in [1.165, 1.54) is 0 Å². The Kier molecular flexibility index (Phi) is 5.85. The van der Waals surface area contributed by atoms with Crippen LogP contribution < -0.4 is 11.1 Å². The molecule has 0 radical (unpaired) electrons. The van der Waals surface area contributed by atoms with E-state index in [0.29, 0.717) is 6.42 Å². The number of nitrogens with one attached hydrogen (secondary N) is 1. The maximum absolute atomic E-state index is 12.0. The monoisotopic (exact) mass is 229 g/mol. The molecule has 1 atom stereocenters. The van der Waals surface area contributed by atoms with Crippen LogP contribution in [0.15, 0.2) is 5.16 Å². The zero-order chi connectivity index (χ0) is 12.8. The Morgan fingerprint density at radius 2 is 1.94 bits per heavy atom. The van der Waals surface area contributed by atoms with Crippen molar-refractivity contribution in [3.63, 3.8) is 0 Å². The number of nitrogens with zero attached hydrogens (tertiary/aromatic N) is 1. The summed E-state index contributed by atoms with van der Waals surface area (Å²) in [6.45, 7) is 7.55. The average molecular weight is 229 g/mol. The number of hydrogen-bond acceptors (Lipinski definition) is 3. The van der Waals surface area contributed by atoms with Gasteiger partial charge < -0.3 is 16.3 Å². The molecule has 0 aliphatic rings. The number of amides is 1. The van der Waals surface area contributed by atoms with E-state index >= 15 is 0 Å². The van der Waals surface area contributed by atoms with Crippen molar-refractivity contribution in [1.82, 2.24) is 5.32 Å². The zero-order valence-electron chi connectivity index (χ0n) is 10.6. The first-order valence-electron chi connectivity index (χ1n) is 5.75. The largest absolute Gasteiger partial charge is 0.409 e. The lowest BCUT2D eigenvalue weighted by atomic mass is 9.84. The second-order valence-corrected chi connectivity index (χ2v) is 4.16. The molecule has 0 bridgehead atoms. The van der Waals surface area contributed by atoms with E-state index in [1.807, 2.05) is 20.8 Å². The fourth-order valence-electron chi connectivity index (χ4n) is 1.41. The van der Waals surface area contributed by atoms with E-state index in [-0.39, 0.29) is 17.8 Å². The number of amidine groups is 1. The molecule has 0 aliphatic carbocycles. The lowest BCUT2D eigenvalue weighted by molar-refractivity contribution is -0.127. The molecule has 0 aromatic rings. The first kappa shape index (κ1) is 14.7. The first-order chi connectivity index (χ1) is 7.46. The molecule has 16 heavy (non-hydrogen) atoms. The van der Waals surface area contributed by atoms with Gasteiger partial charge in [-0.05, 0) is 26.2 Å². The predicted molar refractivity (Wildman–Crippen MR) is 64.3 cm³/mol. The highest BCUT2D eigenvalue weighted by molar-refractivity contribution is 6.06. The average Bonchev–Trinajstić information content (AvgIpc) is 2.33. The summed E-state index contributed by atoms with van der Waals surface area (Å²) in [5, 5.41) is 14.5. The van der Waals surface area contributed by atoms with Crippen LogP contribution in [0.25, 0.3) is 0 Å². The molecule has 0 heterocycles. The molecular weight excluding hydrogens is 206 g/mol. The van der Waals surface area contributed by atoms with Crippen LogP contribution in [0, 0.1) is 5.41 Å². The molecule has 1 amide bonds. The third-order valence-corrected chi connectivity index (χ3v) is 3.20. The van der Waals surface area contributed by atoms with Crippen molar-refractivity contribution in [2.24, 2.45) is 16.3 Å². The Hall–Kier alpha value is -1.26. The Balaban J connectivity index is 4.78. The number of carbonyl (C=O) groups is 1. The summed E-state index contributed by atoms with van der Waals surface area (Å²) in [4.78, 5) is 12.0. The van der Waals surface area contributed by atoms with E-state index in [4.69, 9.17) is 10.9 Å². The van der Waals surface area contributed by atoms with Crippen LogP contribution in [0.3, 0.4) is 0 Å². The van der Waals surface area contributed by atoms with Gasteiger partial charge in [-0.15, -0.1) is 0 Å². The summed E-state index contributed by atoms with van der Waals surface area (Å²) in [5.74, 6) is -0.225. The summed E-state index contributed by atoms with van der Waals surface area (Å²) in [5.41, 5.74) is 4.63. The standard InChI is InChI=1S/C11H23N3O2/c1-5-8(6-2)13-10(15)11(4,7-3)9(12)14-16/h8,16H,5-7H2,1-4H3,(H2,12,14)(H,13,15). The van der Waals surface area contributed by atoms with Gasteiger partial charge in [0.2, 0.25) is 5.91 Å². The Morgan fingerprint density at radius 3 is 2.25 bits per heavy atom. The summed E-state index contributed by atoms with van der Waals surface area (Å²) < 4.78 is 0. The van der Waals surface area contributed by atoms with Crippen molar-refractivity contribution < 1.29 is 10.0 Å². The van der Waals surface area contributed by atoms with Gasteiger partial charge in [0.05, 0.1) is 0 Å². The lowest BCUT2D eigenvalue weighted by Crippen LogP contribution is -2.50. The second kappa shape index (κ2) is 6.35. The second-order valence-electron chi connectivity index (χ2n) is 4.16. The highest BCUT2D eigenvalue weighted by Crippen LogP contribution is 2.22. The smallest absolute Gasteiger partial charge is 0.233 e. The number of rotatable bonds is 6. The van der Waals surface area contributed by atoms with Crippen LogP contribution in [-0.4, -0.2) is 23.0 Å². The van der Waals surface area contributed by atoms with Crippen molar-refractivity contribution in [2.75, 3.05) is 0 Å².